The van der Waals surface area contributed by atoms with Crippen molar-refractivity contribution in [2.45, 2.75) is 13.5 Å². The van der Waals surface area contributed by atoms with Crippen molar-refractivity contribution >= 4 is 5.95 Å². The van der Waals surface area contributed by atoms with Gasteiger partial charge in [-0.3, -0.25) is 0 Å². The second-order valence-corrected chi connectivity index (χ2v) is 5.03. The molecule has 1 aromatic carbocycles. The normalized spacial score (nSPS) is 10.6. The molecular formula is C16H17N5. The lowest BCUT2D eigenvalue weighted by Crippen LogP contribution is -2.19. The molecule has 0 unspecified atom stereocenters. The van der Waals surface area contributed by atoms with Gasteiger partial charge in [0.2, 0.25) is 5.95 Å². The van der Waals surface area contributed by atoms with Crippen molar-refractivity contribution in [3.05, 3.63) is 60.3 Å². The van der Waals surface area contributed by atoms with Gasteiger partial charge in [-0.15, -0.1) is 0 Å². The predicted molar refractivity (Wildman–Crippen MR) is 82.9 cm³/mol. The molecule has 0 bridgehead atoms. The number of rotatable bonds is 4. The van der Waals surface area contributed by atoms with E-state index in [9.17, 15) is 0 Å². The molecule has 3 aromatic rings. The molecule has 0 fully saturated rings. The number of benzene rings is 1. The summed E-state index contributed by atoms with van der Waals surface area (Å²) in [6, 6.07) is 10.2. The second-order valence-electron chi connectivity index (χ2n) is 5.03. The summed E-state index contributed by atoms with van der Waals surface area (Å²) in [7, 11) is 1.95. The van der Waals surface area contributed by atoms with Crippen LogP contribution in [0.1, 0.15) is 11.4 Å². The number of aromatic amines is 1. The van der Waals surface area contributed by atoms with E-state index in [-0.39, 0.29) is 0 Å². The van der Waals surface area contributed by atoms with Crippen LogP contribution in [-0.4, -0.2) is 27.0 Å². The first-order valence-corrected chi connectivity index (χ1v) is 6.81. The Bertz CT molecular complexity index is 703. The second kappa shape index (κ2) is 5.75. The Morgan fingerprint density at radius 2 is 1.71 bits per heavy atom. The lowest BCUT2D eigenvalue weighted by Gasteiger charge is -2.15. The monoisotopic (exact) mass is 279 g/mol. The van der Waals surface area contributed by atoms with E-state index < -0.39 is 0 Å². The van der Waals surface area contributed by atoms with Gasteiger partial charge in [0.1, 0.15) is 5.82 Å². The van der Waals surface area contributed by atoms with E-state index in [1.165, 1.54) is 0 Å². The number of nitrogens with one attached hydrogen (secondary N) is 1. The molecule has 5 heteroatoms. The van der Waals surface area contributed by atoms with E-state index in [1.54, 1.807) is 0 Å². The zero-order chi connectivity index (χ0) is 14.7. The van der Waals surface area contributed by atoms with Gasteiger partial charge in [0.25, 0.3) is 0 Å². The zero-order valence-corrected chi connectivity index (χ0v) is 12.1. The minimum Gasteiger partial charge on any atom is -0.341 e. The molecule has 0 aliphatic heterocycles. The molecule has 0 aliphatic carbocycles. The predicted octanol–water partition coefficient (Wildman–Crippen LogP) is 2.81. The third-order valence-electron chi connectivity index (χ3n) is 3.21. The number of nitrogens with zero attached hydrogens (tertiary/aromatic N) is 4. The third-order valence-corrected chi connectivity index (χ3v) is 3.21. The highest BCUT2D eigenvalue weighted by atomic mass is 15.2. The fraction of sp³-hybridized carbons (Fsp3) is 0.188. The van der Waals surface area contributed by atoms with Crippen LogP contribution < -0.4 is 4.90 Å². The quantitative estimate of drug-likeness (QED) is 0.798. The summed E-state index contributed by atoms with van der Waals surface area (Å²) in [4.78, 5) is 18.3. The third kappa shape index (κ3) is 3.08. The molecule has 5 nitrogen and oxygen atoms in total. The molecule has 0 spiro atoms. The van der Waals surface area contributed by atoms with E-state index in [2.05, 4.69) is 32.1 Å². The lowest BCUT2D eigenvalue weighted by atomic mass is 10.2. The number of hydrogen-bond acceptors (Lipinski definition) is 4. The number of aryl methyl sites for hydroxylation is 1. The van der Waals surface area contributed by atoms with Crippen LogP contribution in [-0.2, 0) is 6.54 Å². The Morgan fingerprint density at radius 3 is 2.43 bits per heavy atom. The first-order valence-electron chi connectivity index (χ1n) is 6.81. The molecule has 0 radical (unpaired) electrons. The molecular weight excluding hydrogens is 262 g/mol. The van der Waals surface area contributed by atoms with E-state index >= 15 is 0 Å². The van der Waals surface area contributed by atoms with Crippen LogP contribution in [0.15, 0.2) is 48.9 Å². The maximum atomic E-state index is 4.42. The summed E-state index contributed by atoms with van der Waals surface area (Å²) in [6.07, 6.45) is 5.49. The van der Waals surface area contributed by atoms with Crippen LogP contribution in [0.2, 0.25) is 0 Å². The fourth-order valence-corrected chi connectivity index (χ4v) is 2.09. The first-order chi connectivity index (χ1) is 10.2. The van der Waals surface area contributed by atoms with Gasteiger partial charge in [-0.25, -0.2) is 15.0 Å². The van der Waals surface area contributed by atoms with Gasteiger partial charge in [-0.05, 0) is 18.1 Å². The molecule has 106 valence electrons. The largest absolute Gasteiger partial charge is 0.341 e. The molecule has 2 aromatic heterocycles. The van der Waals surface area contributed by atoms with Crippen molar-refractivity contribution in [1.29, 1.82) is 0 Å². The van der Waals surface area contributed by atoms with Gasteiger partial charge < -0.3 is 9.88 Å². The summed E-state index contributed by atoms with van der Waals surface area (Å²) >= 11 is 0. The van der Waals surface area contributed by atoms with E-state index in [0.717, 1.165) is 22.6 Å². The maximum Gasteiger partial charge on any atom is 0.225 e. The highest BCUT2D eigenvalue weighted by molar-refractivity contribution is 5.58. The Balaban J connectivity index is 1.74. The minimum absolute atomic E-state index is 0.635. The van der Waals surface area contributed by atoms with Crippen LogP contribution in [0.25, 0.3) is 11.3 Å². The molecule has 0 saturated heterocycles. The number of H-pyrrole nitrogens is 1. The van der Waals surface area contributed by atoms with Crippen molar-refractivity contribution in [2.24, 2.45) is 0 Å². The van der Waals surface area contributed by atoms with Crippen LogP contribution in [0.4, 0.5) is 5.95 Å². The van der Waals surface area contributed by atoms with Gasteiger partial charge in [0.05, 0.1) is 18.4 Å². The Labute approximate surface area is 123 Å². The minimum atomic E-state index is 0.635. The van der Waals surface area contributed by atoms with Gasteiger partial charge in [-0.2, -0.15) is 0 Å². The van der Waals surface area contributed by atoms with E-state index in [4.69, 9.17) is 0 Å². The standard InChI is InChI=1S/C16H17N5/c1-12-8-18-16(19-9-12)21(2)11-15-17-10-14(20-15)13-6-4-3-5-7-13/h3-10H,11H2,1-2H3,(H,17,20). The SMILES string of the molecule is Cc1cnc(N(C)Cc2ncc(-c3ccccc3)[nH]2)nc1. The van der Waals surface area contributed by atoms with Gasteiger partial charge >= 0.3 is 0 Å². The molecule has 0 atom stereocenters. The van der Waals surface area contributed by atoms with Crippen molar-refractivity contribution in [2.75, 3.05) is 11.9 Å². The molecule has 0 aliphatic rings. The number of hydrogen-bond donors (Lipinski definition) is 1. The Morgan fingerprint density at radius 1 is 1.00 bits per heavy atom. The molecule has 2 heterocycles. The molecule has 0 saturated carbocycles. The van der Waals surface area contributed by atoms with Crippen LogP contribution >= 0.6 is 0 Å². The van der Waals surface area contributed by atoms with E-state index in [0.29, 0.717) is 12.5 Å². The van der Waals surface area contributed by atoms with Crippen LogP contribution in [0.5, 0.6) is 0 Å². The highest BCUT2D eigenvalue weighted by Crippen LogP contribution is 2.17. The van der Waals surface area contributed by atoms with Crippen LogP contribution in [0.3, 0.4) is 0 Å². The Kier molecular flexibility index (Phi) is 3.64. The van der Waals surface area contributed by atoms with Crippen LogP contribution in [0, 0.1) is 6.92 Å². The van der Waals surface area contributed by atoms with Crippen molar-refractivity contribution in [1.82, 2.24) is 19.9 Å². The summed E-state index contributed by atoms with van der Waals surface area (Å²) < 4.78 is 0. The van der Waals surface area contributed by atoms with Gasteiger partial charge in [0, 0.05) is 19.4 Å². The van der Waals surface area contributed by atoms with E-state index in [1.807, 2.05) is 55.7 Å². The first kappa shape index (κ1) is 13.3. The highest BCUT2D eigenvalue weighted by Gasteiger charge is 2.08. The van der Waals surface area contributed by atoms with Gasteiger partial charge in [0.15, 0.2) is 0 Å². The fourth-order valence-electron chi connectivity index (χ4n) is 2.09. The average molecular weight is 279 g/mol. The van der Waals surface area contributed by atoms with Crippen molar-refractivity contribution in [3.63, 3.8) is 0 Å². The summed E-state index contributed by atoms with van der Waals surface area (Å²) in [5, 5.41) is 0. The maximum absolute atomic E-state index is 4.42. The molecule has 21 heavy (non-hydrogen) atoms. The van der Waals surface area contributed by atoms with Crippen molar-refractivity contribution < 1.29 is 0 Å². The number of anilines is 1. The molecule has 3 rings (SSSR count). The lowest BCUT2D eigenvalue weighted by molar-refractivity contribution is 0.821. The Hall–Kier alpha value is -2.69. The zero-order valence-electron chi connectivity index (χ0n) is 12.1. The van der Waals surface area contributed by atoms with Gasteiger partial charge in [-0.1, -0.05) is 30.3 Å². The smallest absolute Gasteiger partial charge is 0.225 e. The molecule has 0 amide bonds. The molecule has 1 N–H and O–H groups in total. The number of aromatic nitrogens is 4. The summed E-state index contributed by atoms with van der Waals surface area (Å²) in [6.45, 7) is 2.61. The number of imidazole rings is 1. The average Bonchev–Trinajstić information content (AvgIpc) is 2.97. The summed E-state index contributed by atoms with van der Waals surface area (Å²) in [5.41, 5.74) is 3.20. The summed E-state index contributed by atoms with van der Waals surface area (Å²) in [5.74, 6) is 1.58. The topological polar surface area (TPSA) is 57.7 Å². The van der Waals surface area contributed by atoms with Crippen molar-refractivity contribution in [3.8, 4) is 11.3 Å².